The van der Waals surface area contributed by atoms with E-state index < -0.39 is 13.9 Å². The Bertz CT molecular complexity index is 535. The fraction of sp³-hybridized carbons (Fsp3) is 0.200. The van der Waals surface area contributed by atoms with Crippen LogP contribution in [0, 0.1) is 0 Å². The lowest BCUT2D eigenvalue weighted by Gasteiger charge is -2.02. The van der Waals surface area contributed by atoms with Crippen molar-refractivity contribution in [2.45, 2.75) is 19.4 Å². The van der Waals surface area contributed by atoms with Crippen LogP contribution in [-0.4, -0.2) is 11.0 Å². The van der Waals surface area contributed by atoms with Crippen LogP contribution in [0.2, 0.25) is 0 Å². The van der Waals surface area contributed by atoms with Crippen LogP contribution in [0.4, 0.5) is 0 Å². The monoisotopic (exact) mass is 275 g/mol. The highest BCUT2D eigenvalue weighted by Crippen LogP contribution is 2.29. The number of benzene rings is 2. The van der Waals surface area contributed by atoms with Crippen LogP contribution >= 0.6 is 8.03 Å². The molecule has 2 atom stereocenters. The van der Waals surface area contributed by atoms with Gasteiger partial charge in [-0.1, -0.05) is 54.6 Å². The van der Waals surface area contributed by atoms with Crippen LogP contribution in [0.25, 0.3) is 11.1 Å². The van der Waals surface area contributed by atoms with Gasteiger partial charge in [-0.2, -0.15) is 0 Å². The average molecular weight is 275 g/mol. The minimum absolute atomic E-state index is 0.245. The van der Waals surface area contributed by atoms with Gasteiger partial charge in [0.15, 0.2) is 0 Å². The molecule has 0 amide bonds. The van der Waals surface area contributed by atoms with Crippen LogP contribution in [-0.2, 0) is 15.7 Å². The summed E-state index contributed by atoms with van der Waals surface area (Å²) >= 11 is 0. The Morgan fingerprint density at radius 1 is 1.05 bits per heavy atom. The van der Waals surface area contributed by atoms with E-state index in [0.29, 0.717) is 0 Å². The molecule has 19 heavy (non-hydrogen) atoms. The highest BCUT2D eigenvalue weighted by Gasteiger charge is 2.25. The van der Waals surface area contributed by atoms with Crippen molar-refractivity contribution in [3.05, 3.63) is 60.2 Å². The Labute approximate surface area is 113 Å². The molecule has 0 aromatic heterocycles. The third kappa shape index (κ3) is 3.97. The van der Waals surface area contributed by atoms with Gasteiger partial charge < -0.3 is 5.11 Å². The van der Waals surface area contributed by atoms with Crippen molar-refractivity contribution in [2.75, 3.05) is 0 Å². The molecule has 4 heteroatoms. The zero-order chi connectivity index (χ0) is 13.7. The first-order chi connectivity index (χ1) is 9.16. The Morgan fingerprint density at radius 2 is 1.63 bits per heavy atom. The third-order valence-electron chi connectivity index (χ3n) is 2.72. The molecule has 3 nitrogen and oxygen atoms in total. The van der Waals surface area contributed by atoms with Gasteiger partial charge in [-0.15, -0.1) is 4.52 Å². The quantitative estimate of drug-likeness (QED) is 0.840. The zero-order valence-corrected chi connectivity index (χ0v) is 11.6. The molecular weight excluding hydrogens is 259 g/mol. The summed E-state index contributed by atoms with van der Waals surface area (Å²) in [5.41, 5.74) is 3.22. The van der Waals surface area contributed by atoms with Crippen molar-refractivity contribution in [3.8, 4) is 11.1 Å². The first-order valence-corrected chi connectivity index (χ1v) is 7.33. The first kappa shape index (κ1) is 13.9. The minimum Gasteiger partial charge on any atom is -0.349 e. The van der Waals surface area contributed by atoms with Gasteiger partial charge in [0.25, 0.3) is 5.85 Å². The fourth-order valence-electron chi connectivity index (χ4n) is 1.67. The van der Waals surface area contributed by atoms with E-state index in [9.17, 15) is 4.57 Å². The van der Waals surface area contributed by atoms with Crippen molar-refractivity contribution in [1.82, 2.24) is 0 Å². The second-order valence-electron chi connectivity index (χ2n) is 4.25. The number of hydrogen-bond donors (Lipinski definition) is 1. The SMILES string of the molecule is CC(O)[P+](=O)OCc1ccc(-c2ccccc2)cc1. The van der Waals surface area contributed by atoms with Gasteiger partial charge in [0.2, 0.25) is 0 Å². The highest BCUT2D eigenvalue weighted by molar-refractivity contribution is 7.39. The molecule has 2 aromatic rings. The van der Waals surface area contributed by atoms with E-state index in [1.807, 2.05) is 42.5 Å². The fourth-order valence-corrected chi connectivity index (χ4v) is 2.16. The number of aliphatic hydroxyl groups is 1. The maximum absolute atomic E-state index is 11.3. The Hall–Kier alpha value is -1.54. The molecule has 0 radical (unpaired) electrons. The molecule has 0 bridgehead atoms. The molecule has 0 spiro atoms. The van der Waals surface area contributed by atoms with Crippen LogP contribution in [0.1, 0.15) is 12.5 Å². The van der Waals surface area contributed by atoms with Crippen LogP contribution in [0.3, 0.4) is 0 Å². The van der Waals surface area contributed by atoms with Crippen molar-refractivity contribution >= 4 is 8.03 Å². The minimum atomic E-state index is -2.01. The standard InChI is InChI=1S/C15H16O3P/c1-12(16)19(17)18-11-13-7-9-15(10-8-13)14-5-3-2-4-6-14/h2-10,12,16H,11H2,1H3/q+1. The van der Waals surface area contributed by atoms with Crippen molar-refractivity contribution in [2.24, 2.45) is 0 Å². The van der Waals surface area contributed by atoms with Gasteiger partial charge in [-0.25, -0.2) is 0 Å². The van der Waals surface area contributed by atoms with E-state index in [2.05, 4.69) is 12.1 Å². The van der Waals surface area contributed by atoms with Crippen molar-refractivity contribution < 1.29 is 14.2 Å². The third-order valence-corrected chi connectivity index (χ3v) is 3.72. The molecule has 2 rings (SSSR count). The molecule has 1 N–H and O–H groups in total. The molecule has 0 saturated heterocycles. The summed E-state index contributed by atoms with van der Waals surface area (Å²) in [6.07, 6.45) is 0. The number of hydrogen-bond acceptors (Lipinski definition) is 3. The topological polar surface area (TPSA) is 46.5 Å². The van der Waals surface area contributed by atoms with E-state index in [-0.39, 0.29) is 6.61 Å². The van der Waals surface area contributed by atoms with E-state index in [4.69, 9.17) is 9.63 Å². The molecule has 98 valence electrons. The number of aliphatic hydroxyl groups excluding tert-OH is 1. The Morgan fingerprint density at radius 3 is 2.21 bits per heavy atom. The summed E-state index contributed by atoms with van der Waals surface area (Å²) in [6, 6.07) is 18.0. The Kier molecular flexibility index (Phi) is 4.80. The van der Waals surface area contributed by atoms with E-state index in [0.717, 1.165) is 16.7 Å². The summed E-state index contributed by atoms with van der Waals surface area (Å²) in [5, 5.41) is 9.08. The van der Waals surface area contributed by atoms with E-state index in [1.54, 1.807) is 0 Å². The summed E-state index contributed by atoms with van der Waals surface area (Å²) in [6.45, 7) is 1.70. The van der Waals surface area contributed by atoms with Crippen LogP contribution in [0.15, 0.2) is 54.6 Å². The summed E-state index contributed by atoms with van der Waals surface area (Å²) < 4.78 is 16.4. The molecule has 0 aliphatic rings. The van der Waals surface area contributed by atoms with E-state index >= 15 is 0 Å². The molecule has 0 aliphatic carbocycles. The van der Waals surface area contributed by atoms with Gasteiger partial charge in [-0.05, 0) is 21.3 Å². The molecular formula is C15H16O3P+. The summed E-state index contributed by atoms with van der Waals surface area (Å²) in [4.78, 5) is 0. The molecule has 2 aromatic carbocycles. The smallest absolute Gasteiger partial charge is 0.349 e. The zero-order valence-electron chi connectivity index (χ0n) is 10.7. The molecule has 0 aliphatic heterocycles. The van der Waals surface area contributed by atoms with Gasteiger partial charge in [0, 0.05) is 6.92 Å². The first-order valence-electron chi connectivity index (χ1n) is 6.08. The van der Waals surface area contributed by atoms with Crippen LogP contribution < -0.4 is 0 Å². The summed E-state index contributed by atoms with van der Waals surface area (Å²) in [5.74, 6) is -0.932. The second kappa shape index (κ2) is 6.58. The largest absolute Gasteiger partial charge is 0.540 e. The maximum atomic E-state index is 11.3. The van der Waals surface area contributed by atoms with Crippen molar-refractivity contribution in [3.63, 3.8) is 0 Å². The summed E-state index contributed by atoms with van der Waals surface area (Å²) in [7, 11) is -2.01. The normalized spacial score (nSPS) is 13.1. The van der Waals surface area contributed by atoms with Crippen LogP contribution in [0.5, 0.6) is 0 Å². The lowest BCUT2D eigenvalue weighted by Crippen LogP contribution is -1.95. The number of rotatable bonds is 5. The molecule has 2 unspecified atom stereocenters. The maximum Gasteiger partial charge on any atom is 0.540 e. The second-order valence-corrected chi connectivity index (χ2v) is 5.83. The van der Waals surface area contributed by atoms with Gasteiger partial charge in [0.1, 0.15) is 6.61 Å². The highest BCUT2D eigenvalue weighted by atomic mass is 31.1. The van der Waals surface area contributed by atoms with Gasteiger partial charge in [-0.3, -0.25) is 0 Å². The predicted octanol–water partition coefficient (Wildman–Crippen LogP) is 3.95. The van der Waals surface area contributed by atoms with Gasteiger partial charge in [0.05, 0.1) is 0 Å². The lowest BCUT2D eigenvalue weighted by atomic mass is 10.0. The van der Waals surface area contributed by atoms with Crippen molar-refractivity contribution in [1.29, 1.82) is 0 Å². The molecule has 0 fully saturated rings. The average Bonchev–Trinajstić information content (AvgIpc) is 2.46. The predicted molar refractivity (Wildman–Crippen MR) is 76.0 cm³/mol. The molecule has 0 saturated carbocycles. The van der Waals surface area contributed by atoms with E-state index in [1.165, 1.54) is 6.92 Å². The lowest BCUT2D eigenvalue weighted by molar-refractivity contribution is 0.228. The Balaban J connectivity index is 2.01. The van der Waals surface area contributed by atoms with Gasteiger partial charge >= 0.3 is 8.03 Å². The molecule has 0 heterocycles.